The standard InChI is InChI=1S/C9H5Br2NO4S/c10-4-1-5-7(17(14,15)16)2-6(11)9(13)8(5)12-3-4/h1-3,13H,(H,14,15,16). The Morgan fingerprint density at radius 2 is 1.88 bits per heavy atom. The van der Waals surface area contributed by atoms with Crippen LogP contribution >= 0.6 is 31.9 Å². The van der Waals surface area contributed by atoms with E-state index in [2.05, 4.69) is 36.8 Å². The number of halogens is 2. The zero-order chi connectivity index (χ0) is 12.8. The molecule has 2 aromatic rings. The van der Waals surface area contributed by atoms with Crippen molar-refractivity contribution in [1.29, 1.82) is 0 Å². The van der Waals surface area contributed by atoms with Gasteiger partial charge < -0.3 is 5.11 Å². The van der Waals surface area contributed by atoms with Gasteiger partial charge in [-0.25, -0.2) is 0 Å². The first-order valence-corrected chi connectivity index (χ1v) is 7.27. The molecule has 0 radical (unpaired) electrons. The first-order chi connectivity index (χ1) is 7.80. The van der Waals surface area contributed by atoms with E-state index in [9.17, 15) is 13.5 Å². The van der Waals surface area contributed by atoms with Crippen molar-refractivity contribution in [2.75, 3.05) is 0 Å². The lowest BCUT2D eigenvalue weighted by atomic mass is 10.2. The van der Waals surface area contributed by atoms with Crippen molar-refractivity contribution >= 4 is 52.9 Å². The third-order valence-corrected chi connectivity index (χ3v) is 4.04. The largest absolute Gasteiger partial charge is 0.505 e. The van der Waals surface area contributed by atoms with E-state index in [0.29, 0.717) is 4.47 Å². The highest BCUT2D eigenvalue weighted by atomic mass is 79.9. The van der Waals surface area contributed by atoms with Gasteiger partial charge in [0.2, 0.25) is 0 Å². The molecule has 0 amide bonds. The van der Waals surface area contributed by atoms with E-state index in [-0.39, 0.29) is 26.0 Å². The number of hydrogen-bond acceptors (Lipinski definition) is 4. The molecule has 2 N–H and O–H groups in total. The maximum Gasteiger partial charge on any atom is 0.295 e. The molecule has 2 rings (SSSR count). The molecule has 0 saturated heterocycles. The summed E-state index contributed by atoms with van der Waals surface area (Å²) < 4.78 is 32.3. The molecule has 0 aliphatic carbocycles. The Morgan fingerprint density at radius 3 is 2.47 bits per heavy atom. The lowest BCUT2D eigenvalue weighted by Crippen LogP contribution is -2.00. The summed E-state index contributed by atoms with van der Waals surface area (Å²) in [5.74, 6) is -0.181. The molecule has 0 saturated carbocycles. The average Bonchev–Trinajstić information content (AvgIpc) is 2.21. The smallest absolute Gasteiger partial charge is 0.295 e. The summed E-state index contributed by atoms with van der Waals surface area (Å²) in [7, 11) is -4.39. The Balaban J connectivity index is 3.04. The van der Waals surface area contributed by atoms with Crippen molar-refractivity contribution in [2.45, 2.75) is 4.90 Å². The summed E-state index contributed by atoms with van der Waals surface area (Å²) in [5, 5.41) is 9.88. The quantitative estimate of drug-likeness (QED) is 0.740. The monoisotopic (exact) mass is 381 g/mol. The summed E-state index contributed by atoms with van der Waals surface area (Å²) in [6.45, 7) is 0. The van der Waals surface area contributed by atoms with Crippen LogP contribution in [0.5, 0.6) is 5.75 Å². The Kier molecular flexibility index (Phi) is 3.15. The molecule has 0 bridgehead atoms. The summed E-state index contributed by atoms with van der Waals surface area (Å²) in [6.07, 6.45) is 1.42. The number of fused-ring (bicyclic) bond motifs is 1. The van der Waals surface area contributed by atoms with E-state index in [1.165, 1.54) is 12.3 Å². The van der Waals surface area contributed by atoms with Gasteiger partial charge in [-0.05, 0) is 44.0 Å². The molecule has 0 atom stereocenters. The predicted molar refractivity (Wildman–Crippen MR) is 68.6 cm³/mol. The molecule has 0 aliphatic rings. The molecular formula is C9H5Br2NO4S. The first-order valence-electron chi connectivity index (χ1n) is 4.25. The normalized spacial score (nSPS) is 11.9. The van der Waals surface area contributed by atoms with E-state index in [4.69, 9.17) is 4.55 Å². The second-order valence-electron chi connectivity index (χ2n) is 3.23. The van der Waals surface area contributed by atoms with Gasteiger partial charge in [-0.15, -0.1) is 0 Å². The fourth-order valence-electron chi connectivity index (χ4n) is 1.40. The van der Waals surface area contributed by atoms with Crippen LogP contribution in [0.2, 0.25) is 0 Å². The molecule has 90 valence electrons. The van der Waals surface area contributed by atoms with Crippen LogP contribution in [0, 0.1) is 0 Å². The third-order valence-electron chi connectivity index (χ3n) is 2.11. The van der Waals surface area contributed by atoms with Crippen LogP contribution in [0.25, 0.3) is 10.9 Å². The van der Waals surface area contributed by atoms with Crippen molar-refractivity contribution in [3.63, 3.8) is 0 Å². The highest BCUT2D eigenvalue weighted by Gasteiger charge is 2.19. The van der Waals surface area contributed by atoms with Crippen LogP contribution in [0.1, 0.15) is 0 Å². The molecule has 1 aromatic heterocycles. The Bertz CT molecular complexity index is 714. The molecule has 0 aliphatic heterocycles. The summed E-state index contributed by atoms with van der Waals surface area (Å²) >= 11 is 6.14. The second kappa shape index (κ2) is 4.20. The summed E-state index contributed by atoms with van der Waals surface area (Å²) in [4.78, 5) is 3.60. The van der Waals surface area contributed by atoms with Gasteiger partial charge in [0.15, 0.2) is 5.75 Å². The lowest BCUT2D eigenvalue weighted by molar-refractivity contribution is 0.475. The summed E-state index contributed by atoms with van der Waals surface area (Å²) in [6, 6.07) is 2.58. The van der Waals surface area contributed by atoms with E-state index in [1.807, 2.05) is 0 Å². The number of pyridine rings is 1. The zero-order valence-corrected chi connectivity index (χ0v) is 12.0. The number of phenols is 1. The minimum absolute atomic E-state index is 0.0928. The average molecular weight is 383 g/mol. The van der Waals surface area contributed by atoms with Gasteiger partial charge in [-0.1, -0.05) is 0 Å². The minimum Gasteiger partial charge on any atom is -0.505 e. The van der Waals surface area contributed by atoms with Gasteiger partial charge in [-0.3, -0.25) is 9.54 Å². The molecule has 5 nitrogen and oxygen atoms in total. The molecule has 1 aromatic carbocycles. The van der Waals surface area contributed by atoms with Crippen LogP contribution in [-0.4, -0.2) is 23.1 Å². The van der Waals surface area contributed by atoms with Crippen LogP contribution in [0.15, 0.2) is 32.2 Å². The van der Waals surface area contributed by atoms with Crippen molar-refractivity contribution in [3.8, 4) is 5.75 Å². The van der Waals surface area contributed by atoms with Crippen LogP contribution in [-0.2, 0) is 10.1 Å². The highest BCUT2D eigenvalue weighted by molar-refractivity contribution is 9.10. The molecule has 0 fully saturated rings. The maximum atomic E-state index is 11.2. The highest BCUT2D eigenvalue weighted by Crippen LogP contribution is 2.36. The van der Waals surface area contributed by atoms with Crippen molar-refractivity contribution in [1.82, 2.24) is 4.98 Å². The van der Waals surface area contributed by atoms with Gasteiger partial charge >= 0.3 is 0 Å². The van der Waals surface area contributed by atoms with E-state index >= 15 is 0 Å². The Hall–Kier alpha value is -0.700. The maximum absolute atomic E-state index is 11.2. The van der Waals surface area contributed by atoms with Crippen LogP contribution < -0.4 is 0 Å². The fourth-order valence-corrected chi connectivity index (χ4v) is 3.00. The zero-order valence-electron chi connectivity index (χ0n) is 8.05. The van der Waals surface area contributed by atoms with Gasteiger partial charge in [-0.2, -0.15) is 8.42 Å². The van der Waals surface area contributed by atoms with Crippen LogP contribution in [0.3, 0.4) is 0 Å². The third kappa shape index (κ3) is 2.30. The Labute approximate surface area is 113 Å². The fraction of sp³-hybridized carbons (Fsp3) is 0. The van der Waals surface area contributed by atoms with E-state index in [0.717, 1.165) is 6.07 Å². The van der Waals surface area contributed by atoms with Gasteiger partial charge in [0.05, 0.1) is 4.47 Å². The topological polar surface area (TPSA) is 87.5 Å². The number of nitrogens with zero attached hydrogens (tertiary/aromatic N) is 1. The van der Waals surface area contributed by atoms with Gasteiger partial charge in [0, 0.05) is 16.1 Å². The number of hydrogen-bond donors (Lipinski definition) is 2. The summed E-state index contributed by atoms with van der Waals surface area (Å²) in [5.41, 5.74) is 0.0928. The van der Waals surface area contributed by atoms with Crippen molar-refractivity contribution < 1.29 is 18.1 Å². The van der Waals surface area contributed by atoms with Crippen molar-refractivity contribution in [2.24, 2.45) is 0 Å². The molecule has 8 heteroatoms. The number of aromatic hydroxyl groups is 1. The molecule has 17 heavy (non-hydrogen) atoms. The number of benzene rings is 1. The van der Waals surface area contributed by atoms with E-state index < -0.39 is 10.1 Å². The molecule has 1 heterocycles. The predicted octanol–water partition coefficient (Wildman–Crippen LogP) is 2.71. The van der Waals surface area contributed by atoms with Gasteiger partial charge in [0.25, 0.3) is 10.1 Å². The SMILES string of the molecule is O=S(=O)(O)c1cc(Br)c(O)c2ncc(Br)cc12. The number of aromatic nitrogens is 1. The van der Waals surface area contributed by atoms with Crippen LogP contribution in [0.4, 0.5) is 0 Å². The van der Waals surface area contributed by atoms with Gasteiger partial charge in [0.1, 0.15) is 10.4 Å². The minimum atomic E-state index is -4.39. The lowest BCUT2D eigenvalue weighted by Gasteiger charge is -2.07. The number of phenolic OH excluding ortho intramolecular Hbond substituents is 1. The van der Waals surface area contributed by atoms with Crippen molar-refractivity contribution in [3.05, 3.63) is 27.3 Å². The first kappa shape index (κ1) is 12.7. The number of rotatable bonds is 1. The molecule has 0 spiro atoms. The van der Waals surface area contributed by atoms with E-state index in [1.54, 1.807) is 0 Å². The molecular weight excluding hydrogens is 378 g/mol. The Morgan fingerprint density at radius 1 is 1.24 bits per heavy atom. The molecule has 0 unspecified atom stereocenters. The second-order valence-corrected chi connectivity index (χ2v) is 6.39.